The Balaban J connectivity index is 4.42. The van der Waals surface area contributed by atoms with Gasteiger partial charge < -0.3 is 5.11 Å². The summed E-state index contributed by atoms with van der Waals surface area (Å²) < 4.78 is 35.8. The second-order valence-electron chi connectivity index (χ2n) is 4.54. The lowest BCUT2D eigenvalue weighted by molar-refractivity contribution is -0.139. The molecule has 1 N–H and O–H groups in total. The maximum absolute atomic E-state index is 11.9. The zero-order valence-corrected chi connectivity index (χ0v) is 9.86. The van der Waals surface area contributed by atoms with E-state index in [1.54, 1.807) is 13.8 Å². The lowest BCUT2D eigenvalue weighted by Crippen LogP contribution is -2.42. The summed E-state index contributed by atoms with van der Waals surface area (Å²) in [5.41, 5.74) is -2.39. The molecule has 2 atom stereocenters. The summed E-state index contributed by atoms with van der Waals surface area (Å²) in [5, 5.41) is 19.0. The summed E-state index contributed by atoms with van der Waals surface area (Å²) in [6.07, 6.45) is -4.90. The SMILES string of the molecule is CCC(C)(C#N)C(C)(O)CCCC(F)(F)F. The molecule has 0 aliphatic rings. The van der Waals surface area contributed by atoms with Crippen LogP contribution in [0.1, 0.15) is 46.5 Å². The minimum Gasteiger partial charge on any atom is -0.389 e. The molecule has 2 unspecified atom stereocenters. The molecule has 0 amide bonds. The van der Waals surface area contributed by atoms with Crippen LogP contribution in [0.4, 0.5) is 13.2 Å². The molecule has 0 radical (unpaired) electrons. The molecule has 0 saturated heterocycles. The number of nitriles is 1. The summed E-state index contributed by atoms with van der Waals surface area (Å²) in [6.45, 7) is 4.73. The maximum atomic E-state index is 11.9. The summed E-state index contributed by atoms with van der Waals surface area (Å²) in [7, 11) is 0. The van der Waals surface area contributed by atoms with E-state index in [4.69, 9.17) is 5.26 Å². The van der Waals surface area contributed by atoms with Gasteiger partial charge in [0, 0.05) is 6.42 Å². The Morgan fingerprint density at radius 1 is 1.19 bits per heavy atom. The van der Waals surface area contributed by atoms with Gasteiger partial charge in [0.25, 0.3) is 0 Å². The summed E-state index contributed by atoms with van der Waals surface area (Å²) in [4.78, 5) is 0. The molecule has 0 rings (SSSR count). The Morgan fingerprint density at radius 3 is 2.00 bits per heavy atom. The first-order valence-corrected chi connectivity index (χ1v) is 5.28. The zero-order chi connectivity index (χ0) is 13.0. The average Bonchev–Trinajstić information content (AvgIpc) is 2.13. The van der Waals surface area contributed by atoms with Crippen molar-refractivity contribution in [3.63, 3.8) is 0 Å². The average molecular weight is 237 g/mol. The van der Waals surface area contributed by atoms with Crippen molar-refractivity contribution in [2.75, 3.05) is 0 Å². The van der Waals surface area contributed by atoms with Gasteiger partial charge >= 0.3 is 6.18 Å². The van der Waals surface area contributed by atoms with Crippen molar-refractivity contribution in [2.45, 2.75) is 58.2 Å². The van der Waals surface area contributed by atoms with Crippen LogP contribution in [0.3, 0.4) is 0 Å². The maximum Gasteiger partial charge on any atom is 0.389 e. The molecule has 5 heteroatoms. The lowest BCUT2D eigenvalue weighted by Gasteiger charge is -2.37. The third-order valence-corrected chi connectivity index (χ3v) is 3.27. The Bertz CT molecular complexity index is 267. The van der Waals surface area contributed by atoms with E-state index in [9.17, 15) is 18.3 Å². The Kier molecular flexibility index (Phi) is 4.81. The molecular weight excluding hydrogens is 219 g/mol. The van der Waals surface area contributed by atoms with Crippen LogP contribution in [-0.4, -0.2) is 16.9 Å². The van der Waals surface area contributed by atoms with Crippen molar-refractivity contribution >= 4 is 0 Å². The normalized spacial score (nSPS) is 19.6. The molecule has 0 heterocycles. The van der Waals surface area contributed by atoms with Crippen molar-refractivity contribution in [3.05, 3.63) is 0 Å². The summed E-state index contributed by atoms with van der Waals surface area (Å²) >= 11 is 0. The first-order chi connectivity index (χ1) is 7.08. The summed E-state index contributed by atoms with van der Waals surface area (Å²) in [5.74, 6) is 0. The molecule has 0 aromatic rings. The first kappa shape index (κ1) is 15.2. The summed E-state index contributed by atoms with van der Waals surface area (Å²) in [6, 6.07) is 1.98. The van der Waals surface area contributed by atoms with Gasteiger partial charge in [0.2, 0.25) is 0 Å². The van der Waals surface area contributed by atoms with Crippen LogP contribution in [0.25, 0.3) is 0 Å². The van der Waals surface area contributed by atoms with Crippen LogP contribution in [0, 0.1) is 16.7 Å². The van der Waals surface area contributed by atoms with Crippen LogP contribution in [0.5, 0.6) is 0 Å². The smallest absolute Gasteiger partial charge is 0.389 e. The van der Waals surface area contributed by atoms with Gasteiger partial charge in [-0.1, -0.05) is 6.92 Å². The van der Waals surface area contributed by atoms with Gasteiger partial charge in [-0.2, -0.15) is 18.4 Å². The number of rotatable bonds is 5. The molecule has 0 aliphatic heterocycles. The van der Waals surface area contributed by atoms with Crippen LogP contribution in [0.15, 0.2) is 0 Å². The van der Waals surface area contributed by atoms with Crippen molar-refractivity contribution in [2.24, 2.45) is 5.41 Å². The van der Waals surface area contributed by atoms with Crippen LogP contribution in [-0.2, 0) is 0 Å². The van der Waals surface area contributed by atoms with Crippen LogP contribution < -0.4 is 0 Å². The highest BCUT2D eigenvalue weighted by Crippen LogP contribution is 2.38. The molecule has 0 bridgehead atoms. The van der Waals surface area contributed by atoms with Gasteiger partial charge in [0.05, 0.1) is 17.1 Å². The lowest BCUT2D eigenvalue weighted by atomic mass is 9.71. The number of aliphatic hydroxyl groups is 1. The van der Waals surface area contributed by atoms with Crippen LogP contribution >= 0.6 is 0 Å². The fourth-order valence-electron chi connectivity index (χ4n) is 1.49. The molecule has 2 nitrogen and oxygen atoms in total. The molecule has 16 heavy (non-hydrogen) atoms. The van der Waals surface area contributed by atoms with E-state index >= 15 is 0 Å². The minimum atomic E-state index is -4.20. The van der Waals surface area contributed by atoms with E-state index in [-0.39, 0.29) is 12.8 Å². The molecule has 94 valence electrons. The molecule has 0 saturated carbocycles. The number of hydrogen-bond donors (Lipinski definition) is 1. The number of nitrogens with zero attached hydrogens (tertiary/aromatic N) is 1. The van der Waals surface area contributed by atoms with Crippen molar-refractivity contribution in [1.29, 1.82) is 5.26 Å². The third kappa shape index (κ3) is 4.01. The molecular formula is C11H18F3NO. The fourth-order valence-corrected chi connectivity index (χ4v) is 1.49. The molecule has 0 aromatic heterocycles. The topological polar surface area (TPSA) is 44.0 Å². The van der Waals surface area contributed by atoms with E-state index < -0.39 is 23.6 Å². The predicted octanol–water partition coefficient (Wildman–Crippen LogP) is 3.41. The third-order valence-electron chi connectivity index (χ3n) is 3.27. The first-order valence-electron chi connectivity index (χ1n) is 5.28. The minimum absolute atomic E-state index is 0.0234. The second-order valence-corrected chi connectivity index (χ2v) is 4.54. The predicted molar refractivity (Wildman–Crippen MR) is 54.5 cm³/mol. The van der Waals surface area contributed by atoms with E-state index in [1.165, 1.54) is 6.92 Å². The van der Waals surface area contributed by atoms with Crippen molar-refractivity contribution in [3.8, 4) is 6.07 Å². The van der Waals surface area contributed by atoms with Gasteiger partial charge in [0.15, 0.2) is 0 Å². The number of alkyl halides is 3. The van der Waals surface area contributed by atoms with E-state index in [0.29, 0.717) is 6.42 Å². The number of halogens is 3. The Hall–Kier alpha value is -0.760. The highest BCUT2D eigenvalue weighted by atomic mass is 19.4. The Morgan fingerprint density at radius 2 is 1.69 bits per heavy atom. The van der Waals surface area contributed by atoms with Crippen molar-refractivity contribution < 1.29 is 18.3 Å². The van der Waals surface area contributed by atoms with Gasteiger partial charge in [-0.05, 0) is 33.1 Å². The van der Waals surface area contributed by atoms with E-state index in [0.717, 1.165) is 0 Å². The number of hydrogen-bond acceptors (Lipinski definition) is 2. The quantitative estimate of drug-likeness (QED) is 0.796. The van der Waals surface area contributed by atoms with E-state index in [2.05, 4.69) is 0 Å². The van der Waals surface area contributed by atoms with Gasteiger partial charge in [0.1, 0.15) is 0 Å². The monoisotopic (exact) mass is 237 g/mol. The highest BCUT2D eigenvalue weighted by molar-refractivity contribution is 5.06. The van der Waals surface area contributed by atoms with Gasteiger partial charge in [-0.3, -0.25) is 0 Å². The zero-order valence-electron chi connectivity index (χ0n) is 9.86. The largest absolute Gasteiger partial charge is 0.389 e. The van der Waals surface area contributed by atoms with Gasteiger partial charge in [-0.25, -0.2) is 0 Å². The molecule has 0 fully saturated rings. The van der Waals surface area contributed by atoms with Gasteiger partial charge in [-0.15, -0.1) is 0 Å². The standard InChI is InChI=1S/C11H18F3NO/c1-4-9(2,8-15)10(3,16)6-5-7-11(12,13)14/h16H,4-7H2,1-3H3. The fraction of sp³-hybridized carbons (Fsp3) is 0.909. The Labute approximate surface area is 94.1 Å². The molecule has 0 spiro atoms. The van der Waals surface area contributed by atoms with Crippen molar-refractivity contribution in [1.82, 2.24) is 0 Å². The second kappa shape index (κ2) is 5.05. The molecule has 0 aliphatic carbocycles. The highest BCUT2D eigenvalue weighted by Gasteiger charge is 2.42. The van der Waals surface area contributed by atoms with Crippen LogP contribution in [0.2, 0.25) is 0 Å². The molecule has 0 aromatic carbocycles. The van der Waals surface area contributed by atoms with E-state index in [1.807, 2.05) is 6.07 Å².